The molecule has 2 heterocycles. The molecule has 1 amide bonds. The number of hydrogen-bond acceptors (Lipinski definition) is 3. The Morgan fingerprint density at radius 1 is 1.40 bits per heavy atom. The maximum absolute atomic E-state index is 11.9. The topological polar surface area (TPSA) is 64.2 Å². The number of carbonyl (C=O) groups is 2. The van der Waals surface area contributed by atoms with E-state index in [1.54, 1.807) is 6.92 Å². The van der Waals surface area contributed by atoms with E-state index >= 15 is 0 Å². The first-order valence-electron chi connectivity index (χ1n) is 6.49. The monoisotopic (exact) mass is 274 g/mol. The van der Waals surface area contributed by atoms with Gasteiger partial charge in [0.2, 0.25) is 0 Å². The van der Waals surface area contributed by atoms with Crippen LogP contribution in [0.25, 0.3) is 0 Å². The molecule has 0 fully saturated rings. The van der Waals surface area contributed by atoms with Gasteiger partial charge in [-0.1, -0.05) is 0 Å². The maximum atomic E-state index is 11.9. The number of nitrogens with zero attached hydrogens (tertiary/aromatic N) is 1. The van der Waals surface area contributed by atoms with Crippen LogP contribution >= 0.6 is 0 Å². The summed E-state index contributed by atoms with van der Waals surface area (Å²) in [6, 6.07) is 5.47. The minimum absolute atomic E-state index is 0.103. The average molecular weight is 274 g/mol. The van der Waals surface area contributed by atoms with Crippen molar-refractivity contribution < 1.29 is 14.0 Å². The van der Waals surface area contributed by atoms with Crippen LogP contribution < -0.4 is 5.32 Å². The van der Waals surface area contributed by atoms with E-state index in [9.17, 15) is 9.59 Å². The number of furan rings is 1. The third-order valence-electron chi connectivity index (χ3n) is 3.24. The number of rotatable bonds is 5. The van der Waals surface area contributed by atoms with Gasteiger partial charge in [-0.05, 0) is 26.0 Å². The van der Waals surface area contributed by atoms with E-state index in [1.807, 2.05) is 29.9 Å². The lowest BCUT2D eigenvalue weighted by Crippen LogP contribution is -2.25. The molecule has 0 aliphatic rings. The van der Waals surface area contributed by atoms with Crippen LogP contribution in [0, 0.1) is 6.92 Å². The largest absolute Gasteiger partial charge is 0.455 e. The van der Waals surface area contributed by atoms with E-state index in [0.29, 0.717) is 17.9 Å². The van der Waals surface area contributed by atoms with Gasteiger partial charge in [0, 0.05) is 38.0 Å². The molecule has 2 aromatic heterocycles. The molecule has 0 bridgehead atoms. The number of hydrogen-bond donors (Lipinski definition) is 1. The van der Waals surface area contributed by atoms with Crippen molar-refractivity contribution in [2.45, 2.75) is 20.3 Å². The molecule has 1 N–H and O–H groups in total. The molecule has 2 aromatic rings. The summed E-state index contributed by atoms with van der Waals surface area (Å²) in [4.78, 5) is 23.2. The van der Waals surface area contributed by atoms with Crippen molar-refractivity contribution in [3.63, 3.8) is 0 Å². The van der Waals surface area contributed by atoms with E-state index in [2.05, 4.69) is 5.32 Å². The van der Waals surface area contributed by atoms with Crippen molar-refractivity contribution in [1.29, 1.82) is 0 Å². The Bertz CT molecular complexity index is 637. The first kappa shape index (κ1) is 14.1. The molecule has 0 aliphatic carbocycles. The zero-order valence-corrected chi connectivity index (χ0v) is 11.9. The summed E-state index contributed by atoms with van der Waals surface area (Å²) in [7, 11) is 1.96. The van der Waals surface area contributed by atoms with Gasteiger partial charge in [-0.2, -0.15) is 0 Å². The summed E-state index contributed by atoms with van der Waals surface area (Å²) in [6.45, 7) is 3.65. The Kier molecular flexibility index (Phi) is 4.08. The quantitative estimate of drug-likeness (QED) is 0.849. The second-order valence-corrected chi connectivity index (χ2v) is 4.75. The minimum atomic E-state index is -0.296. The van der Waals surface area contributed by atoms with Gasteiger partial charge in [0.1, 0.15) is 5.76 Å². The summed E-state index contributed by atoms with van der Waals surface area (Å²) >= 11 is 0. The van der Waals surface area contributed by atoms with Crippen molar-refractivity contribution in [2.24, 2.45) is 7.05 Å². The number of Topliss-reactive ketones (excluding diaryl/α,β-unsaturated/α-hetero) is 1. The molecule has 0 unspecified atom stereocenters. The lowest BCUT2D eigenvalue weighted by atomic mass is 10.2. The first-order valence-corrected chi connectivity index (χ1v) is 6.49. The lowest BCUT2D eigenvalue weighted by molar-refractivity contribution is 0.0924. The number of nitrogens with one attached hydrogen (secondary N) is 1. The van der Waals surface area contributed by atoms with Gasteiger partial charge in [0.05, 0.1) is 5.56 Å². The van der Waals surface area contributed by atoms with Gasteiger partial charge in [0.15, 0.2) is 11.5 Å². The zero-order chi connectivity index (χ0) is 14.7. The van der Waals surface area contributed by atoms with Gasteiger partial charge in [-0.25, -0.2) is 0 Å². The Balaban J connectivity index is 1.94. The molecule has 20 heavy (non-hydrogen) atoms. The third-order valence-corrected chi connectivity index (χ3v) is 3.24. The van der Waals surface area contributed by atoms with E-state index in [4.69, 9.17) is 4.42 Å². The van der Waals surface area contributed by atoms with Crippen LogP contribution in [0.1, 0.15) is 39.3 Å². The summed E-state index contributed by atoms with van der Waals surface area (Å²) in [6.07, 6.45) is 2.71. The lowest BCUT2D eigenvalue weighted by Gasteiger charge is -2.04. The van der Waals surface area contributed by atoms with Crippen molar-refractivity contribution in [2.75, 3.05) is 6.54 Å². The molecule has 0 saturated carbocycles. The highest BCUT2D eigenvalue weighted by molar-refractivity contribution is 5.99. The molecule has 0 radical (unpaired) electrons. The number of amides is 1. The fraction of sp³-hybridized carbons (Fsp3) is 0.333. The number of carbonyl (C=O) groups excluding carboxylic acids is 2. The molecular formula is C15H18N2O3. The molecule has 5 heteroatoms. The average Bonchev–Trinajstić information content (AvgIpc) is 2.96. The maximum Gasteiger partial charge on any atom is 0.287 e. The summed E-state index contributed by atoms with van der Waals surface area (Å²) in [5, 5.41) is 2.79. The van der Waals surface area contributed by atoms with E-state index in [0.717, 1.165) is 12.1 Å². The number of ketones is 1. The fourth-order valence-electron chi connectivity index (χ4n) is 2.09. The van der Waals surface area contributed by atoms with Gasteiger partial charge >= 0.3 is 0 Å². The van der Waals surface area contributed by atoms with Gasteiger partial charge in [-0.15, -0.1) is 0 Å². The normalized spacial score (nSPS) is 10.6. The van der Waals surface area contributed by atoms with Crippen molar-refractivity contribution in [1.82, 2.24) is 9.88 Å². The molecule has 0 spiro atoms. The second kappa shape index (κ2) is 5.77. The van der Waals surface area contributed by atoms with Crippen LogP contribution in [0.4, 0.5) is 0 Å². The second-order valence-electron chi connectivity index (χ2n) is 4.75. The van der Waals surface area contributed by atoms with Gasteiger partial charge < -0.3 is 14.3 Å². The smallest absolute Gasteiger partial charge is 0.287 e. The Morgan fingerprint density at radius 2 is 2.15 bits per heavy atom. The first-order chi connectivity index (χ1) is 9.49. The van der Waals surface area contributed by atoms with Crippen LogP contribution in [0.2, 0.25) is 0 Å². The zero-order valence-electron chi connectivity index (χ0n) is 11.9. The summed E-state index contributed by atoms with van der Waals surface area (Å²) < 4.78 is 7.32. The van der Waals surface area contributed by atoms with Gasteiger partial charge in [-0.3, -0.25) is 9.59 Å². The fourth-order valence-corrected chi connectivity index (χ4v) is 2.09. The molecule has 106 valence electrons. The molecule has 0 atom stereocenters. The summed E-state index contributed by atoms with van der Waals surface area (Å²) in [5.41, 5.74) is 1.60. The van der Waals surface area contributed by atoms with Crippen molar-refractivity contribution >= 4 is 11.7 Å². The Labute approximate surface area is 117 Å². The van der Waals surface area contributed by atoms with Crippen LogP contribution in [-0.2, 0) is 13.5 Å². The molecule has 0 saturated heterocycles. The summed E-state index contributed by atoms with van der Waals surface area (Å²) in [5.74, 6) is 0.258. The predicted molar refractivity (Wildman–Crippen MR) is 74.9 cm³/mol. The van der Waals surface area contributed by atoms with E-state index < -0.39 is 0 Å². The van der Waals surface area contributed by atoms with Crippen molar-refractivity contribution in [3.8, 4) is 0 Å². The minimum Gasteiger partial charge on any atom is -0.455 e. The third kappa shape index (κ3) is 2.99. The van der Waals surface area contributed by atoms with Crippen LogP contribution in [0.3, 0.4) is 0 Å². The highest BCUT2D eigenvalue weighted by Gasteiger charge is 2.16. The van der Waals surface area contributed by atoms with Gasteiger partial charge in [0.25, 0.3) is 5.91 Å². The van der Waals surface area contributed by atoms with E-state index in [-0.39, 0.29) is 17.5 Å². The Morgan fingerprint density at radius 3 is 2.70 bits per heavy atom. The molecule has 0 aromatic carbocycles. The SMILES string of the molecule is CC(=O)c1cc(C(=O)NCCc2cccn2C)oc1C. The Hall–Kier alpha value is -2.30. The highest BCUT2D eigenvalue weighted by atomic mass is 16.4. The van der Waals surface area contributed by atoms with Crippen LogP contribution in [0.15, 0.2) is 28.8 Å². The standard InChI is InChI=1S/C15H18N2O3/c1-10(18)13-9-14(20-11(13)2)15(19)16-7-6-12-5-4-8-17(12)3/h4-5,8-9H,6-7H2,1-3H3,(H,16,19). The van der Waals surface area contributed by atoms with Crippen LogP contribution in [0.5, 0.6) is 0 Å². The molecular weight excluding hydrogens is 256 g/mol. The molecule has 5 nitrogen and oxygen atoms in total. The molecule has 0 aliphatic heterocycles. The predicted octanol–water partition coefficient (Wildman–Crippen LogP) is 2.10. The molecule has 2 rings (SSSR count). The highest BCUT2D eigenvalue weighted by Crippen LogP contribution is 2.15. The van der Waals surface area contributed by atoms with E-state index in [1.165, 1.54) is 13.0 Å². The van der Waals surface area contributed by atoms with Crippen LogP contribution in [-0.4, -0.2) is 22.8 Å². The number of aromatic nitrogens is 1. The van der Waals surface area contributed by atoms with Crippen molar-refractivity contribution in [3.05, 3.63) is 47.2 Å². The number of aryl methyl sites for hydroxylation is 2.